The van der Waals surface area contributed by atoms with Gasteiger partial charge in [0.2, 0.25) is 0 Å². The average molecular weight is 417 g/mol. The molecule has 4 rings (SSSR count). The summed E-state index contributed by atoms with van der Waals surface area (Å²) in [4.78, 5) is 17.1. The lowest BCUT2D eigenvalue weighted by molar-refractivity contribution is -0.134. The third kappa shape index (κ3) is 3.74. The van der Waals surface area contributed by atoms with E-state index in [2.05, 4.69) is 33.0 Å². The van der Waals surface area contributed by atoms with Gasteiger partial charge in [-0.25, -0.2) is 0 Å². The second-order valence-electron chi connectivity index (χ2n) is 7.24. The molecule has 0 saturated carbocycles. The predicted octanol–water partition coefficient (Wildman–Crippen LogP) is 4.07. The maximum absolute atomic E-state index is 12.5. The Labute approximate surface area is 163 Å². The van der Waals surface area contributed by atoms with E-state index >= 15 is 0 Å². The molecule has 2 heterocycles. The number of hydrogen-bond donors (Lipinski definition) is 0. The summed E-state index contributed by atoms with van der Waals surface area (Å²) < 4.78 is 6.75. The summed E-state index contributed by atoms with van der Waals surface area (Å²) in [6.07, 6.45) is 4.83. The first-order valence-electron chi connectivity index (χ1n) is 9.54. The topological polar surface area (TPSA) is 32.8 Å². The maximum Gasteiger partial charge on any atom is 0.260 e. The third-order valence-electron chi connectivity index (χ3n) is 5.65. The van der Waals surface area contributed by atoms with Crippen LogP contribution in [0.4, 0.5) is 0 Å². The van der Waals surface area contributed by atoms with E-state index in [1.54, 1.807) is 0 Å². The molecule has 0 bridgehead atoms. The van der Waals surface area contributed by atoms with E-state index in [-0.39, 0.29) is 12.5 Å². The molecule has 2 aromatic carbocycles. The summed E-state index contributed by atoms with van der Waals surface area (Å²) in [5.41, 5.74) is 0. The van der Waals surface area contributed by atoms with Gasteiger partial charge in [0.1, 0.15) is 5.75 Å². The molecular weight excluding hydrogens is 392 g/mol. The van der Waals surface area contributed by atoms with Crippen molar-refractivity contribution in [3.05, 3.63) is 40.9 Å². The summed E-state index contributed by atoms with van der Waals surface area (Å²) in [6.45, 7) is 4.27. The summed E-state index contributed by atoms with van der Waals surface area (Å²) in [5, 5.41) is 2.26. The normalized spacial score (nSPS) is 19.2. The largest absolute Gasteiger partial charge is 0.483 e. The zero-order chi connectivity index (χ0) is 17.9. The van der Waals surface area contributed by atoms with Gasteiger partial charge >= 0.3 is 0 Å². The molecule has 2 saturated heterocycles. The molecule has 2 aliphatic rings. The number of fused-ring (bicyclic) bond motifs is 1. The highest BCUT2D eigenvalue weighted by atomic mass is 79.9. The van der Waals surface area contributed by atoms with Crippen LogP contribution >= 0.6 is 15.9 Å². The van der Waals surface area contributed by atoms with E-state index in [4.69, 9.17) is 4.74 Å². The van der Waals surface area contributed by atoms with Gasteiger partial charge in [0.15, 0.2) is 6.61 Å². The van der Waals surface area contributed by atoms with Crippen molar-refractivity contribution in [1.82, 2.24) is 9.80 Å². The molecule has 0 aromatic heterocycles. The first kappa shape index (κ1) is 17.8. The molecule has 5 heteroatoms. The second-order valence-corrected chi connectivity index (χ2v) is 8.04. The number of ether oxygens (including phenoxy) is 1. The highest BCUT2D eigenvalue weighted by Crippen LogP contribution is 2.33. The minimum absolute atomic E-state index is 0.0879. The highest BCUT2D eigenvalue weighted by molar-refractivity contribution is 9.10. The van der Waals surface area contributed by atoms with Gasteiger partial charge in [-0.2, -0.15) is 0 Å². The molecule has 138 valence electrons. The molecule has 0 unspecified atom stereocenters. The van der Waals surface area contributed by atoms with E-state index in [0.29, 0.717) is 6.04 Å². The molecule has 0 N–H and O–H groups in total. The fourth-order valence-corrected chi connectivity index (χ4v) is 4.75. The Hall–Kier alpha value is -1.59. The van der Waals surface area contributed by atoms with Crippen LogP contribution in [-0.2, 0) is 4.79 Å². The fraction of sp³-hybridized carbons (Fsp3) is 0.476. The zero-order valence-corrected chi connectivity index (χ0v) is 16.6. The quantitative estimate of drug-likeness (QED) is 0.752. The van der Waals surface area contributed by atoms with E-state index in [1.807, 2.05) is 29.2 Å². The van der Waals surface area contributed by atoms with Crippen molar-refractivity contribution in [2.24, 2.45) is 0 Å². The van der Waals surface area contributed by atoms with E-state index < -0.39 is 0 Å². The summed E-state index contributed by atoms with van der Waals surface area (Å²) in [7, 11) is 0. The molecule has 0 aliphatic carbocycles. The lowest BCUT2D eigenvalue weighted by Gasteiger charge is -2.36. The molecule has 0 spiro atoms. The molecule has 2 aliphatic heterocycles. The summed E-state index contributed by atoms with van der Waals surface area (Å²) >= 11 is 3.62. The maximum atomic E-state index is 12.5. The Morgan fingerprint density at radius 1 is 1.04 bits per heavy atom. The monoisotopic (exact) mass is 416 g/mol. The fourth-order valence-electron chi connectivity index (χ4n) is 4.14. The van der Waals surface area contributed by atoms with Crippen molar-refractivity contribution in [1.29, 1.82) is 0 Å². The molecule has 2 aromatic rings. The molecule has 26 heavy (non-hydrogen) atoms. The van der Waals surface area contributed by atoms with Gasteiger partial charge in [0.25, 0.3) is 5.91 Å². The Balaban J connectivity index is 1.32. The van der Waals surface area contributed by atoms with Crippen LogP contribution in [0.5, 0.6) is 5.75 Å². The van der Waals surface area contributed by atoms with Gasteiger partial charge in [-0.3, -0.25) is 4.79 Å². The number of piperidine rings is 1. The standard InChI is InChI=1S/C21H25BrN2O2/c22-21-18-6-2-1-5-16(18)7-8-19(21)26-15-20(25)24-13-9-17(10-14-24)23-11-3-4-12-23/h1-2,5-8,17H,3-4,9-15H2. The van der Waals surface area contributed by atoms with Gasteiger partial charge in [-0.15, -0.1) is 0 Å². The molecule has 1 amide bonds. The molecule has 0 radical (unpaired) electrons. The van der Waals surface area contributed by atoms with Crippen LogP contribution in [0.25, 0.3) is 10.8 Å². The molecule has 0 atom stereocenters. The van der Waals surface area contributed by atoms with Crippen LogP contribution in [0.1, 0.15) is 25.7 Å². The average Bonchev–Trinajstić information content (AvgIpc) is 3.22. The minimum atomic E-state index is 0.0879. The van der Waals surface area contributed by atoms with Crippen LogP contribution in [0.15, 0.2) is 40.9 Å². The summed E-state index contributed by atoms with van der Waals surface area (Å²) in [5.74, 6) is 0.814. The molecular formula is C21H25BrN2O2. The van der Waals surface area contributed by atoms with Gasteiger partial charge in [-0.05, 0) is 71.5 Å². The van der Waals surface area contributed by atoms with E-state index in [0.717, 1.165) is 46.9 Å². The Morgan fingerprint density at radius 3 is 2.54 bits per heavy atom. The van der Waals surface area contributed by atoms with Crippen LogP contribution in [0.3, 0.4) is 0 Å². The van der Waals surface area contributed by atoms with Crippen molar-refractivity contribution in [3.63, 3.8) is 0 Å². The van der Waals surface area contributed by atoms with E-state index in [1.165, 1.54) is 25.9 Å². The molecule has 2 fully saturated rings. The number of carbonyl (C=O) groups excluding carboxylic acids is 1. The Kier molecular flexibility index (Phi) is 5.46. The second kappa shape index (κ2) is 7.97. The van der Waals surface area contributed by atoms with Gasteiger partial charge in [0, 0.05) is 19.1 Å². The number of carbonyl (C=O) groups is 1. The van der Waals surface area contributed by atoms with E-state index in [9.17, 15) is 4.79 Å². The SMILES string of the molecule is O=C(COc1ccc2ccccc2c1Br)N1CCC(N2CCCC2)CC1. The van der Waals surface area contributed by atoms with Crippen molar-refractivity contribution >= 4 is 32.6 Å². The summed E-state index contributed by atoms with van der Waals surface area (Å²) in [6, 6.07) is 12.8. The van der Waals surface area contributed by atoms with Crippen LogP contribution in [0.2, 0.25) is 0 Å². The van der Waals surface area contributed by atoms with Crippen molar-refractivity contribution in [3.8, 4) is 5.75 Å². The van der Waals surface area contributed by atoms with Crippen molar-refractivity contribution in [2.75, 3.05) is 32.8 Å². The number of likely N-dealkylation sites (tertiary alicyclic amines) is 2. The van der Waals surface area contributed by atoms with Crippen molar-refractivity contribution in [2.45, 2.75) is 31.7 Å². The number of amides is 1. The first-order chi connectivity index (χ1) is 12.7. The lowest BCUT2D eigenvalue weighted by Crippen LogP contribution is -2.47. The lowest BCUT2D eigenvalue weighted by atomic mass is 10.0. The number of nitrogens with zero attached hydrogens (tertiary/aromatic N) is 2. The highest BCUT2D eigenvalue weighted by Gasteiger charge is 2.28. The zero-order valence-electron chi connectivity index (χ0n) is 15.0. The molecule has 4 nitrogen and oxygen atoms in total. The number of benzene rings is 2. The number of rotatable bonds is 4. The van der Waals surface area contributed by atoms with Crippen LogP contribution < -0.4 is 4.74 Å². The van der Waals surface area contributed by atoms with Crippen molar-refractivity contribution < 1.29 is 9.53 Å². The smallest absolute Gasteiger partial charge is 0.260 e. The van der Waals surface area contributed by atoms with Crippen LogP contribution in [0, 0.1) is 0 Å². The number of halogens is 1. The Bertz CT molecular complexity index is 781. The van der Waals surface area contributed by atoms with Crippen LogP contribution in [-0.4, -0.2) is 54.5 Å². The number of hydrogen-bond acceptors (Lipinski definition) is 3. The van der Waals surface area contributed by atoms with Gasteiger partial charge < -0.3 is 14.5 Å². The minimum Gasteiger partial charge on any atom is -0.483 e. The first-order valence-corrected chi connectivity index (χ1v) is 10.3. The Morgan fingerprint density at radius 2 is 1.77 bits per heavy atom. The van der Waals surface area contributed by atoms with Gasteiger partial charge in [-0.1, -0.05) is 30.3 Å². The predicted molar refractivity (Wildman–Crippen MR) is 108 cm³/mol. The van der Waals surface area contributed by atoms with Gasteiger partial charge in [0.05, 0.1) is 4.47 Å². The third-order valence-corrected chi connectivity index (χ3v) is 6.47.